The van der Waals surface area contributed by atoms with Gasteiger partial charge in [0.05, 0.1) is 12.3 Å². The van der Waals surface area contributed by atoms with Crippen LogP contribution in [-0.2, 0) is 13.0 Å². The molecule has 0 amide bonds. The molecule has 3 heteroatoms. The summed E-state index contributed by atoms with van der Waals surface area (Å²) in [5.41, 5.74) is 8.20. The van der Waals surface area contributed by atoms with Crippen molar-refractivity contribution in [3.63, 3.8) is 0 Å². The van der Waals surface area contributed by atoms with Crippen LogP contribution in [0.25, 0.3) is 5.57 Å². The summed E-state index contributed by atoms with van der Waals surface area (Å²) in [4.78, 5) is 4.66. The van der Waals surface area contributed by atoms with E-state index in [9.17, 15) is 9.50 Å². The molecule has 1 aliphatic rings. The maximum atomic E-state index is 13.6. The fraction of sp³-hybridized carbons (Fsp3) is 0.348. The van der Waals surface area contributed by atoms with E-state index < -0.39 is 0 Å². The van der Waals surface area contributed by atoms with Gasteiger partial charge in [-0.05, 0) is 90.8 Å². The third kappa shape index (κ3) is 3.78. The fourth-order valence-electron chi connectivity index (χ4n) is 3.52. The molecular weight excluding hydrogens is 325 g/mol. The van der Waals surface area contributed by atoms with Gasteiger partial charge < -0.3 is 5.11 Å². The summed E-state index contributed by atoms with van der Waals surface area (Å²) in [6, 6.07) is 9.09. The van der Waals surface area contributed by atoms with E-state index in [0.29, 0.717) is 0 Å². The summed E-state index contributed by atoms with van der Waals surface area (Å²) in [5, 5.41) is 9.98. The minimum Gasteiger partial charge on any atom is -0.392 e. The van der Waals surface area contributed by atoms with E-state index in [1.54, 1.807) is 6.07 Å². The molecule has 136 valence electrons. The number of halogens is 1. The maximum absolute atomic E-state index is 13.6. The lowest BCUT2D eigenvalue weighted by Gasteiger charge is -2.20. The van der Waals surface area contributed by atoms with Gasteiger partial charge in [0, 0.05) is 5.71 Å². The standard InChI is InChI=1S/C23H26FNO/c1-4-5-6-21(20-10-9-19(24)11-15(20)2)22-12-17-8-7-16(3)25-23(17)13-18(22)14-26/h6,9-13,26H,4-5,7-8,14H2,1-3H3. The average Bonchev–Trinajstić information content (AvgIpc) is 2.62. The van der Waals surface area contributed by atoms with Crippen molar-refractivity contribution in [1.29, 1.82) is 0 Å². The SMILES string of the molecule is CCCC=C(c1ccc(F)cc1C)c1cc2c(cc1CO)N=C(C)CC2. The Morgan fingerprint density at radius 1 is 1.15 bits per heavy atom. The number of aliphatic hydroxyl groups excluding tert-OH is 1. The predicted octanol–water partition coefficient (Wildman–Crippen LogP) is 5.90. The average molecular weight is 351 g/mol. The highest BCUT2D eigenvalue weighted by Crippen LogP contribution is 2.36. The van der Waals surface area contributed by atoms with Gasteiger partial charge in [0.1, 0.15) is 5.82 Å². The van der Waals surface area contributed by atoms with Gasteiger partial charge in [-0.15, -0.1) is 0 Å². The minimum absolute atomic E-state index is 0.0408. The summed E-state index contributed by atoms with van der Waals surface area (Å²) in [6.07, 6.45) is 6.11. The first kappa shape index (κ1) is 18.5. The van der Waals surface area contributed by atoms with Crippen molar-refractivity contribution in [3.8, 4) is 0 Å². The zero-order valence-corrected chi connectivity index (χ0v) is 15.8. The number of hydrogen-bond acceptors (Lipinski definition) is 2. The van der Waals surface area contributed by atoms with E-state index >= 15 is 0 Å². The number of aryl methyl sites for hydroxylation is 2. The molecule has 0 saturated heterocycles. The summed E-state index contributed by atoms with van der Waals surface area (Å²) >= 11 is 0. The van der Waals surface area contributed by atoms with E-state index in [-0.39, 0.29) is 12.4 Å². The van der Waals surface area contributed by atoms with E-state index in [1.807, 2.05) is 26.0 Å². The monoisotopic (exact) mass is 351 g/mol. The summed E-state index contributed by atoms with van der Waals surface area (Å²) in [5.74, 6) is -0.223. The highest BCUT2D eigenvalue weighted by Gasteiger charge is 2.17. The molecule has 2 aromatic rings. The van der Waals surface area contributed by atoms with Gasteiger partial charge in [-0.3, -0.25) is 4.99 Å². The third-order valence-electron chi connectivity index (χ3n) is 4.95. The van der Waals surface area contributed by atoms with Crippen molar-refractivity contribution in [3.05, 3.63) is 70.0 Å². The zero-order chi connectivity index (χ0) is 18.7. The van der Waals surface area contributed by atoms with Crippen molar-refractivity contribution in [1.82, 2.24) is 0 Å². The quantitative estimate of drug-likeness (QED) is 0.715. The fourth-order valence-corrected chi connectivity index (χ4v) is 3.52. The van der Waals surface area contributed by atoms with Gasteiger partial charge in [-0.25, -0.2) is 4.39 Å². The molecule has 1 aliphatic heterocycles. The molecule has 0 spiro atoms. The molecule has 3 rings (SSSR count). The Morgan fingerprint density at radius 2 is 1.96 bits per heavy atom. The number of aliphatic hydroxyl groups is 1. The lowest BCUT2D eigenvalue weighted by molar-refractivity contribution is 0.281. The topological polar surface area (TPSA) is 32.6 Å². The first-order chi connectivity index (χ1) is 12.5. The lowest BCUT2D eigenvalue weighted by atomic mass is 9.87. The molecule has 0 atom stereocenters. The van der Waals surface area contributed by atoms with Crippen molar-refractivity contribution in [2.45, 2.75) is 53.1 Å². The Balaban J connectivity index is 2.18. The zero-order valence-electron chi connectivity index (χ0n) is 15.8. The smallest absolute Gasteiger partial charge is 0.123 e. The molecule has 0 radical (unpaired) electrons. The van der Waals surface area contributed by atoms with Crippen molar-refractivity contribution >= 4 is 17.0 Å². The second-order valence-corrected chi connectivity index (χ2v) is 7.01. The molecule has 0 unspecified atom stereocenters. The number of rotatable bonds is 5. The molecule has 0 aliphatic carbocycles. The molecule has 1 heterocycles. The number of allylic oxidation sites excluding steroid dienone is 1. The predicted molar refractivity (Wildman–Crippen MR) is 107 cm³/mol. The Kier molecular flexibility index (Phi) is 5.67. The number of unbranched alkanes of at least 4 members (excludes halogenated alkanes) is 1. The first-order valence-corrected chi connectivity index (χ1v) is 9.31. The molecule has 2 aromatic carbocycles. The van der Waals surface area contributed by atoms with E-state index in [0.717, 1.165) is 64.9 Å². The van der Waals surface area contributed by atoms with Crippen LogP contribution >= 0.6 is 0 Å². The molecule has 0 bridgehead atoms. The first-order valence-electron chi connectivity index (χ1n) is 9.31. The van der Waals surface area contributed by atoms with Crippen LogP contribution in [0.15, 0.2) is 41.4 Å². The second kappa shape index (κ2) is 7.96. The van der Waals surface area contributed by atoms with Crippen LogP contribution in [0.3, 0.4) is 0 Å². The van der Waals surface area contributed by atoms with Gasteiger partial charge in [-0.1, -0.05) is 25.5 Å². The Hall–Kier alpha value is -2.26. The van der Waals surface area contributed by atoms with Gasteiger partial charge in [0.2, 0.25) is 0 Å². The number of nitrogens with zero attached hydrogens (tertiary/aromatic N) is 1. The number of hydrogen-bond donors (Lipinski definition) is 1. The Bertz CT molecular complexity index is 880. The van der Waals surface area contributed by atoms with E-state index in [4.69, 9.17) is 0 Å². The van der Waals surface area contributed by atoms with Gasteiger partial charge in [0.15, 0.2) is 0 Å². The van der Waals surface area contributed by atoms with E-state index in [2.05, 4.69) is 24.1 Å². The maximum Gasteiger partial charge on any atom is 0.123 e. The van der Waals surface area contributed by atoms with Crippen molar-refractivity contribution in [2.24, 2.45) is 4.99 Å². The molecule has 0 aromatic heterocycles. The number of benzene rings is 2. The summed E-state index contributed by atoms with van der Waals surface area (Å²) in [6.45, 7) is 6.08. The van der Waals surface area contributed by atoms with Crippen LogP contribution < -0.4 is 0 Å². The van der Waals surface area contributed by atoms with Crippen LogP contribution in [0.4, 0.5) is 10.1 Å². The Labute approximate surface area is 155 Å². The van der Waals surface area contributed by atoms with Crippen LogP contribution in [0, 0.1) is 12.7 Å². The van der Waals surface area contributed by atoms with Crippen LogP contribution in [0.2, 0.25) is 0 Å². The van der Waals surface area contributed by atoms with Gasteiger partial charge >= 0.3 is 0 Å². The van der Waals surface area contributed by atoms with Crippen LogP contribution in [0.5, 0.6) is 0 Å². The molecule has 0 fully saturated rings. The molecule has 26 heavy (non-hydrogen) atoms. The molecule has 0 saturated carbocycles. The largest absolute Gasteiger partial charge is 0.392 e. The second-order valence-electron chi connectivity index (χ2n) is 7.01. The van der Waals surface area contributed by atoms with Crippen molar-refractivity contribution in [2.75, 3.05) is 0 Å². The van der Waals surface area contributed by atoms with Crippen LogP contribution in [0.1, 0.15) is 60.9 Å². The van der Waals surface area contributed by atoms with Gasteiger partial charge in [0.25, 0.3) is 0 Å². The molecule has 1 N–H and O–H groups in total. The van der Waals surface area contributed by atoms with Gasteiger partial charge in [-0.2, -0.15) is 0 Å². The number of aliphatic imine (C=N–C) groups is 1. The Morgan fingerprint density at radius 3 is 2.65 bits per heavy atom. The highest BCUT2D eigenvalue weighted by molar-refractivity contribution is 5.89. The molecular formula is C23H26FNO. The summed E-state index contributed by atoms with van der Waals surface area (Å²) in [7, 11) is 0. The number of fused-ring (bicyclic) bond motifs is 1. The highest BCUT2D eigenvalue weighted by atomic mass is 19.1. The minimum atomic E-state index is -0.223. The normalized spacial score (nSPS) is 14.2. The third-order valence-corrected chi connectivity index (χ3v) is 4.95. The summed E-state index contributed by atoms with van der Waals surface area (Å²) < 4.78 is 13.6. The van der Waals surface area contributed by atoms with Crippen LogP contribution in [-0.4, -0.2) is 10.8 Å². The molecule has 2 nitrogen and oxygen atoms in total. The lowest BCUT2D eigenvalue weighted by Crippen LogP contribution is -2.05. The van der Waals surface area contributed by atoms with Crippen molar-refractivity contribution < 1.29 is 9.50 Å². The van der Waals surface area contributed by atoms with E-state index in [1.165, 1.54) is 11.6 Å².